The largest absolute Gasteiger partial charge is 0.497 e. The lowest BCUT2D eigenvalue weighted by atomic mass is 9.78. The molecule has 0 amide bonds. The third-order valence-corrected chi connectivity index (χ3v) is 3.84. The van der Waals surface area contributed by atoms with Crippen molar-refractivity contribution in [3.63, 3.8) is 0 Å². The predicted molar refractivity (Wildman–Crippen MR) is 85.8 cm³/mol. The van der Waals surface area contributed by atoms with E-state index in [1.807, 2.05) is 0 Å². The molecule has 0 radical (unpaired) electrons. The number of ketones is 1. The van der Waals surface area contributed by atoms with Crippen LogP contribution in [0, 0.1) is 5.41 Å². The van der Waals surface area contributed by atoms with Gasteiger partial charge < -0.3 is 19.2 Å². The maximum absolute atomic E-state index is 12.2. The molecule has 0 saturated heterocycles. The summed E-state index contributed by atoms with van der Waals surface area (Å²) in [5.41, 5.74) is 1.05. The van der Waals surface area contributed by atoms with Gasteiger partial charge in [-0.05, 0) is 5.41 Å². The Labute approximate surface area is 134 Å². The molecule has 23 heavy (non-hydrogen) atoms. The van der Waals surface area contributed by atoms with Crippen LogP contribution in [0.1, 0.15) is 36.5 Å². The van der Waals surface area contributed by atoms with E-state index in [2.05, 4.69) is 24.1 Å². The lowest BCUT2D eigenvalue weighted by Crippen LogP contribution is -2.26. The van der Waals surface area contributed by atoms with Crippen LogP contribution < -0.4 is 14.8 Å². The fourth-order valence-corrected chi connectivity index (χ4v) is 2.76. The number of nitrogens with zero attached hydrogens (tertiary/aromatic N) is 1. The molecule has 6 heteroatoms. The van der Waals surface area contributed by atoms with Crippen LogP contribution in [0.25, 0.3) is 0 Å². The summed E-state index contributed by atoms with van der Waals surface area (Å²) in [7, 11) is 3.17. The highest BCUT2D eigenvalue weighted by atomic mass is 16.5. The molecule has 0 atom stereocenters. The monoisotopic (exact) mass is 316 g/mol. The summed E-state index contributed by atoms with van der Waals surface area (Å²) in [4.78, 5) is 16.5. The average Bonchev–Trinajstić information content (AvgIpc) is 2.87. The van der Waals surface area contributed by atoms with E-state index in [9.17, 15) is 4.79 Å². The first-order valence-electron chi connectivity index (χ1n) is 7.43. The Hall–Kier alpha value is -2.50. The van der Waals surface area contributed by atoms with Crippen molar-refractivity contribution in [1.82, 2.24) is 4.98 Å². The Morgan fingerprint density at radius 1 is 1.13 bits per heavy atom. The van der Waals surface area contributed by atoms with Gasteiger partial charge in [-0.15, -0.1) is 0 Å². The molecular formula is C17H20N2O4. The summed E-state index contributed by atoms with van der Waals surface area (Å²) in [6, 6.07) is 5.68. The molecule has 1 heterocycles. The maximum atomic E-state index is 12.2. The van der Waals surface area contributed by atoms with Crippen molar-refractivity contribution in [1.29, 1.82) is 0 Å². The molecule has 1 aromatic carbocycles. The van der Waals surface area contributed by atoms with E-state index in [1.165, 1.54) is 0 Å². The van der Waals surface area contributed by atoms with E-state index in [1.54, 1.807) is 32.4 Å². The second kappa shape index (κ2) is 5.61. The van der Waals surface area contributed by atoms with Gasteiger partial charge in [0.1, 0.15) is 23.0 Å². The molecule has 0 unspecified atom stereocenters. The molecule has 1 aliphatic carbocycles. The third-order valence-electron chi connectivity index (χ3n) is 3.84. The first-order chi connectivity index (χ1) is 10.9. The molecule has 2 aromatic rings. The summed E-state index contributed by atoms with van der Waals surface area (Å²) in [5, 5.41) is 3.07. The summed E-state index contributed by atoms with van der Waals surface area (Å²) < 4.78 is 16.2. The van der Waals surface area contributed by atoms with Crippen LogP contribution in [0.3, 0.4) is 0 Å². The number of anilines is 2. The molecule has 0 bridgehead atoms. The zero-order valence-electron chi connectivity index (χ0n) is 13.7. The van der Waals surface area contributed by atoms with Crippen molar-refractivity contribution in [2.75, 3.05) is 19.5 Å². The van der Waals surface area contributed by atoms with Gasteiger partial charge in [0.25, 0.3) is 6.01 Å². The minimum absolute atomic E-state index is 0.0243. The minimum atomic E-state index is -0.0971. The van der Waals surface area contributed by atoms with Gasteiger partial charge in [-0.3, -0.25) is 4.79 Å². The van der Waals surface area contributed by atoms with Crippen molar-refractivity contribution < 1.29 is 18.7 Å². The summed E-state index contributed by atoms with van der Waals surface area (Å²) in [6.07, 6.45) is 1.18. The first kappa shape index (κ1) is 15.4. The number of hydrogen-bond donors (Lipinski definition) is 1. The number of Topliss-reactive ketones (excluding diaryl/α,β-unsaturated/α-hetero) is 1. The third kappa shape index (κ3) is 3.16. The second-order valence-electron chi connectivity index (χ2n) is 6.46. The fraction of sp³-hybridized carbons (Fsp3) is 0.412. The van der Waals surface area contributed by atoms with Crippen LogP contribution in [0.4, 0.5) is 11.7 Å². The SMILES string of the molecule is COc1cc(Nc2nc3c(o2)CC(C)(C)CC3=O)cc(OC)c1. The predicted octanol–water partition coefficient (Wildman–Crippen LogP) is 3.59. The van der Waals surface area contributed by atoms with E-state index in [4.69, 9.17) is 13.9 Å². The van der Waals surface area contributed by atoms with Gasteiger partial charge in [-0.1, -0.05) is 13.8 Å². The Morgan fingerprint density at radius 3 is 2.39 bits per heavy atom. The zero-order valence-corrected chi connectivity index (χ0v) is 13.7. The number of aromatic nitrogens is 1. The van der Waals surface area contributed by atoms with Crippen LogP contribution in [-0.2, 0) is 6.42 Å². The van der Waals surface area contributed by atoms with Gasteiger partial charge in [0, 0.05) is 36.7 Å². The van der Waals surface area contributed by atoms with E-state index in [0.29, 0.717) is 47.5 Å². The number of hydrogen-bond acceptors (Lipinski definition) is 6. The molecule has 0 saturated carbocycles. The average molecular weight is 316 g/mol. The van der Waals surface area contributed by atoms with Crippen LogP contribution in [0.5, 0.6) is 11.5 Å². The normalized spacial score (nSPS) is 15.9. The maximum Gasteiger partial charge on any atom is 0.300 e. The Kier molecular flexibility index (Phi) is 3.75. The number of nitrogens with one attached hydrogen (secondary N) is 1. The molecule has 1 aromatic heterocycles. The van der Waals surface area contributed by atoms with Crippen molar-refractivity contribution >= 4 is 17.5 Å². The number of oxazole rings is 1. The van der Waals surface area contributed by atoms with E-state index in [-0.39, 0.29) is 11.2 Å². The number of benzene rings is 1. The molecule has 1 aliphatic rings. The van der Waals surface area contributed by atoms with E-state index in [0.717, 1.165) is 0 Å². The summed E-state index contributed by atoms with van der Waals surface area (Å²) >= 11 is 0. The van der Waals surface area contributed by atoms with Gasteiger partial charge in [0.2, 0.25) is 0 Å². The molecule has 0 spiro atoms. The highest BCUT2D eigenvalue weighted by Crippen LogP contribution is 2.36. The highest BCUT2D eigenvalue weighted by molar-refractivity contribution is 5.97. The summed E-state index contributed by atoms with van der Waals surface area (Å²) in [5.74, 6) is 1.97. The van der Waals surface area contributed by atoms with Crippen molar-refractivity contribution in [2.45, 2.75) is 26.7 Å². The van der Waals surface area contributed by atoms with Crippen LogP contribution in [0.15, 0.2) is 22.6 Å². The number of rotatable bonds is 4. The van der Waals surface area contributed by atoms with Crippen LogP contribution in [0.2, 0.25) is 0 Å². The molecule has 3 rings (SSSR count). The van der Waals surface area contributed by atoms with Gasteiger partial charge >= 0.3 is 0 Å². The zero-order chi connectivity index (χ0) is 16.6. The van der Waals surface area contributed by atoms with Gasteiger partial charge in [-0.2, -0.15) is 4.98 Å². The van der Waals surface area contributed by atoms with Crippen molar-refractivity contribution in [3.05, 3.63) is 29.7 Å². The lowest BCUT2D eigenvalue weighted by Gasteiger charge is -2.25. The van der Waals surface area contributed by atoms with Crippen molar-refractivity contribution in [3.8, 4) is 11.5 Å². The van der Waals surface area contributed by atoms with E-state index >= 15 is 0 Å². The molecular weight excluding hydrogens is 296 g/mol. The lowest BCUT2D eigenvalue weighted by molar-refractivity contribution is 0.0899. The van der Waals surface area contributed by atoms with Gasteiger partial charge in [-0.25, -0.2) is 0 Å². The standard InChI is InChI=1S/C17H20N2O4/c1-17(2)8-13(20)15-14(9-17)23-16(19-15)18-10-5-11(21-3)7-12(6-10)22-4/h5-7H,8-9H2,1-4H3,(H,18,19). The molecule has 0 fully saturated rings. The summed E-state index contributed by atoms with van der Waals surface area (Å²) in [6.45, 7) is 4.10. The molecule has 6 nitrogen and oxygen atoms in total. The smallest absolute Gasteiger partial charge is 0.300 e. The highest BCUT2D eigenvalue weighted by Gasteiger charge is 2.35. The van der Waals surface area contributed by atoms with Crippen LogP contribution >= 0.6 is 0 Å². The quantitative estimate of drug-likeness (QED) is 0.929. The molecule has 122 valence electrons. The second-order valence-corrected chi connectivity index (χ2v) is 6.46. The minimum Gasteiger partial charge on any atom is -0.497 e. The fourth-order valence-electron chi connectivity index (χ4n) is 2.76. The Balaban J connectivity index is 1.89. The Morgan fingerprint density at radius 2 is 1.78 bits per heavy atom. The number of fused-ring (bicyclic) bond motifs is 1. The van der Waals surface area contributed by atoms with Gasteiger partial charge in [0.15, 0.2) is 5.78 Å². The first-order valence-corrected chi connectivity index (χ1v) is 7.43. The van der Waals surface area contributed by atoms with Crippen LogP contribution in [-0.4, -0.2) is 25.0 Å². The number of ether oxygens (including phenoxy) is 2. The number of carbonyl (C=O) groups is 1. The van der Waals surface area contributed by atoms with Gasteiger partial charge in [0.05, 0.1) is 14.2 Å². The van der Waals surface area contributed by atoms with E-state index < -0.39 is 0 Å². The number of carbonyl (C=O) groups excluding carboxylic acids is 1. The Bertz CT molecular complexity index is 727. The molecule has 1 N–H and O–H groups in total. The number of methoxy groups -OCH3 is 2. The van der Waals surface area contributed by atoms with Crippen molar-refractivity contribution in [2.24, 2.45) is 5.41 Å². The topological polar surface area (TPSA) is 73.6 Å². The molecule has 0 aliphatic heterocycles.